The van der Waals surface area contributed by atoms with Gasteiger partial charge >= 0.3 is 0 Å². The molecule has 0 aliphatic carbocycles. The maximum atomic E-state index is 12.7. The molecule has 0 aromatic heterocycles. The maximum Gasteiger partial charge on any atom is 0.232 e. The minimum absolute atomic E-state index is 0.114. The van der Waals surface area contributed by atoms with Crippen LogP contribution in [0.3, 0.4) is 0 Å². The maximum absolute atomic E-state index is 12.7. The van der Waals surface area contributed by atoms with E-state index < -0.39 is 0 Å². The Morgan fingerprint density at radius 3 is 2.66 bits per heavy atom. The second kappa shape index (κ2) is 8.38. The Hall–Kier alpha value is -3.30. The Kier molecular flexibility index (Phi) is 5.50. The van der Waals surface area contributed by atoms with Gasteiger partial charge in [-0.1, -0.05) is 66.2 Å². The van der Waals surface area contributed by atoms with E-state index >= 15 is 0 Å². The fourth-order valence-corrected chi connectivity index (χ4v) is 3.39. The summed E-state index contributed by atoms with van der Waals surface area (Å²) in [5.41, 5.74) is 3.43. The molecule has 0 spiro atoms. The van der Waals surface area contributed by atoms with Crippen molar-refractivity contribution in [2.75, 3.05) is 0 Å². The van der Waals surface area contributed by atoms with Crippen molar-refractivity contribution >= 4 is 23.5 Å². The quantitative estimate of drug-likeness (QED) is 0.463. The molecule has 0 radical (unpaired) electrons. The molecule has 0 atom stereocenters. The van der Waals surface area contributed by atoms with Gasteiger partial charge in [0.05, 0.1) is 5.56 Å². The van der Waals surface area contributed by atoms with E-state index in [1.54, 1.807) is 12.1 Å². The van der Waals surface area contributed by atoms with Gasteiger partial charge in [0.2, 0.25) is 5.78 Å². The molecule has 0 N–H and O–H groups in total. The van der Waals surface area contributed by atoms with E-state index in [0.717, 1.165) is 16.7 Å². The normalized spacial score (nSPS) is 14.3. The summed E-state index contributed by atoms with van der Waals surface area (Å²) in [7, 11) is 0. The summed E-state index contributed by atoms with van der Waals surface area (Å²) >= 11 is 6.02. The molecule has 0 bridgehead atoms. The molecular weight excluding hydrogens is 384 g/mol. The van der Waals surface area contributed by atoms with Crippen LogP contribution < -0.4 is 9.47 Å². The van der Waals surface area contributed by atoms with Crippen molar-refractivity contribution in [2.24, 2.45) is 0 Å². The number of hydrogen-bond acceptors (Lipinski definition) is 3. The number of ether oxygens (including phenoxy) is 2. The molecule has 0 amide bonds. The molecule has 3 aromatic rings. The number of Topliss-reactive ketones (excluding diaryl/α,β-unsaturated/α-hetero) is 1. The van der Waals surface area contributed by atoms with Crippen molar-refractivity contribution in [1.29, 1.82) is 0 Å². The first-order chi connectivity index (χ1) is 14.1. The molecule has 0 saturated heterocycles. The molecular formula is C25H19ClO3. The number of carbonyl (C=O) groups is 1. The molecule has 0 unspecified atom stereocenters. The SMILES string of the molecule is Cc1cc(OCc2cccc(Cl)c2)cc2c1C(=O)/C(=C/C=C/c1ccccc1)O2. The van der Waals surface area contributed by atoms with E-state index in [1.165, 1.54) is 0 Å². The van der Waals surface area contributed by atoms with Crippen LogP contribution in [0, 0.1) is 6.92 Å². The Balaban J connectivity index is 1.50. The van der Waals surface area contributed by atoms with Crippen molar-refractivity contribution < 1.29 is 14.3 Å². The lowest BCUT2D eigenvalue weighted by Crippen LogP contribution is -1.99. The summed E-state index contributed by atoms with van der Waals surface area (Å²) in [5.74, 6) is 1.37. The number of aryl methyl sites for hydroxylation is 1. The number of halogens is 1. The highest BCUT2D eigenvalue weighted by molar-refractivity contribution is 6.30. The number of hydrogen-bond donors (Lipinski definition) is 0. The third-order valence-corrected chi connectivity index (χ3v) is 4.81. The van der Waals surface area contributed by atoms with Crippen LogP contribution in [0.1, 0.15) is 27.0 Å². The van der Waals surface area contributed by atoms with Crippen molar-refractivity contribution in [3.63, 3.8) is 0 Å². The van der Waals surface area contributed by atoms with E-state index in [9.17, 15) is 4.79 Å². The topological polar surface area (TPSA) is 35.5 Å². The number of benzene rings is 3. The zero-order valence-electron chi connectivity index (χ0n) is 15.9. The van der Waals surface area contributed by atoms with Gasteiger partial charge < -0.3 is 9.47 Å². The van der Waals surface area contributed by atoms with E-state index in [0.29, 0.717) is 34.5 Å². The molecule has 3 nitrogen and oxygen atoms in total. The number of fused-ring (bicyclic) bond motifs is 1. The molecule has 0 fully saturated rings. The van der Waals surface area contributed by atoms with E-state index in [1.807, 2.05) is 79.7 Å². The summed E-state index contributed by atoms with van der Waals surface area (Å²) in [4.78, 5) is 12.7. The molecule has 0 saturated carbocycles. The lowest BCUT2D eigenvalue weighted by Gasteiger charge is -2.09. The molecule has 4 rings (SSSR count). The third-order valence-electron chi connectivity index (χ3n) is 4.57. The first-order valence-corrected chi connectivity index (χ1v) is 9.66. The monoisotopic (exact) mass is 402 g/mol. The number of carbonyl (C=O) groups excluding carboxylic acids is 1. The summed E-state index contributed by atoms with van der Waals surface area (Å²) < 4.78 is 11.7. The van der Waals surface area contributed by atoms with Gasteiger partial charge in [-0.15, -0.1) is 0 Å². The van der Waals surface area contributed by atoms with Gasteiger partial charge in [0.15, 0.2) is 5.76 Å². The van der Waals surface area contributed by atoms with E-state index in [2.05, 4.69) is 0 Å². The van der Waals surface area contributed by atoms with Gasteiger partial charge in [-0.2, -0.15) is 0 Å². The van der Waals surface area contributed by atoms with Crippen molar-refractivity contribution in [3.8, 4) is 11.5 Å². The van der Waals surface area contributed by atoms with Gasteiger partial charge in [-0.05, 0) is 47.9 Å². The molecule has 1 aliphatic rings. The van der Waals surface area contributed by atoms with Crippen LogP contribution in [0.4, 0.5) is 0 Å². The smallest absolute Gasteiger partial charge is 0.232 e. The Bertz CT molecular complexity index is 1110. The number of allylic oxidation sites excluding steroid dienone is 3. The van der Waals surface area contributed by atoms with Gasteiger partial charge in [-0.3, -0.25) is 4.79 Å². The molecule has 29 heavy (non-hydrogen) atoms. The molecule has 1 aliphatic heterocycles. The van der Waals surface area contributed by atoms with E-state index in [4.69, 9.17) is 21.1 Å². The second-order valence-electron chi connectivity index (χ2n) is 6.76. The van der Waals surface area contributed by atoms with Crippen molar-refractivity contribution in [1.82, 2.24) is 0 Å². The predicted molar refractivity (Wildman–Crippen MR) is 115 cm³/mol. The van der Waals surface area contributed by atoms with Crippen LogP contribution >= 0.6 is 11.6 Å². The van der Waals surface area contributed by atoms with Gasteiger partial charge in [0, 0.05) is 11.1 Å². The average molecular weight is 403 g/mol. The fraction of sp³-hybridized carbons (Fsp3) is 0.0800. The van der Waals surface area contributed by atoms with Crippen LogP contribution in [0.2, 0.25) is 5.02 Å². The van der Waals surface area contributed by atoms with Gasteiger partial charge in [0.25, 0.3) is 0 Å². The highest BCUT2D eigenvalue weighted by Gasteiger charge is 2.29. The number of ketones is 1. The van der Waals surface area contributed by atoms with Crippen LogP contribution in [0.15, 0.2) is 84.6 Å². The first-order valence-electron chi connectivity index (χ1n) is 9.28. The van der Waals surface area contributed by atoms with Crippen LogP contribution in [0.5, 0.6) is 11.5 Å². The number of rotatable bonds is 5. The summed E-state index contributed by atoms with van der Waals surface area (Å²) in [6, 6.07) is 21.0. The minimum atomic E-state index is -0.114. The third kappa shape index (κ3) is 4.41. The van der Waals surface area contributed by atoms with Gasteiger partial charge in [-0.25, -0.2) is 0 Å². The van der Waals surface area contributed by atoms with Gasteiger partial charge in [0.1, 0.15) is 18.1 Å². The highest BCUT2D eigenvalue weighted by Crippen LogP contribution is 2.37. The Morgan fingerprint density at radius 1 is 1.03 bits per heavy atom. The zero-order valence-corrected chi connectivity index (χ0v) is 16.6. The first kappa shape index (κ1) is 19.0. The van der Waals surface area contributed by atoms with Crippen LogP contribution in [-0.2, 0) is 6.61 Å². The molecule has 1 heterocycles. The Labute approximate surface area is 174 Å². The molecule has 4 heteroatoms. The lowest BCUT2D eigenvalue weighted by molar-refractivity contribution is 0.101. The molecule has 3 aromatic carbocycles. The average Bonchev–Trinajstić information content (AvgIpc) is 3.03. The van der Waals surface area contributed by atoms with Crippen molar-refractivity contribution in [3.05, 3.63) is 112 Å². The van der Waals surface area contributed by atoms with Crippen LogP contribution in [-0.4, -0.2) is 5.78 Å². The minimum Gasteiger partial charge on any atom is -0.489 e. The summed E-state index contributed by atoms with van der Waals surface area (Å²) in [6.45, 7) is 2.27. The predicted octanol–water partition coefficient (Wildman–Crippen LogP) is 6.40. The van der Waals surface area contributed by atoms with E-state index in [-0.39, 0.29) is 5.78 Å². The largest absolute Gasteiger partial charge is 0.489 e. The second-order valence-corrected chi connectivity index (χ2v) is 7.20. The lowest BCUT2D eigenvalue weighted by atomic mass is 10.0. The zero-order chi connectivity index (χ0) is 20.2. The Morgan fingerprint density at radius 2 is 1.86 bits per heavy atom. The molecule has 144 valence electrons. The highest BCUT2D eigenvalue weighted by atomic mass is 35.5. The van der Waals surface area contributed by atoms with Crippen molar-refractivity contribution in [2.45, 2.75) is 13.5 Å². The van der Waals surface area contributed by atoms with Crippen LogP contribution in [0.25, 0.3) is 6.08 Å². The fourth-order valence-electron chi connectivity index (χ4n) is 3.18. The summed E-state index contributed by atoms with van der Waals surface area (Å²) in [6.07, 6.45) is 5.45. The standard InChI is InChI=1S/C25H19ClO3/c1-17-13-21(28-16-19-10-5-11-20(26)14-19)15-23-24(17)25(27)22(29-23)12-6-9-18-7-3-2-4-8-18/h2-15H,16H2,1H3/b9-6+,22-12-. The summed E-state index contributed by atoms with van der Waals surface area (Å²) in [5, 5.41) is 0.670.